The van der Waals surface area contributed by atoms with Crippen LogP contribution < -0.4 is 10.2 Å². The van der Waals surface area contributed by atoms with Crippen LogP contribution in [0.3, 0.4) is 0 Å². The predicted molar refractivity (Wildman–Crippen MR) is 120 cm³/mol. The van der Waals surface area contributed by atoms with Gasteiger partial charge in [-0.1, -0.05) is 0 Å². The molecule has 3 amide bonds. The Hall–Kier alpha value is -3.38. The summed E-state index contributed by atoms with van der Waals surface area (Å²) < 4.78 is 54.8. The molecule has 184 valence electrons. The summed E-state index contributed by atoms with van der Waals surface area (Å²) in [6.45, 7) is 0.835. The predicted octanol–water partition coefficient (Wildman–Crippen LogP) is 1.24. The molecule has 3 aliphatic rings. The smallest absolute Gasteiger partial charge is 0.255 e. The third-order valence-corrected chi connectivity index (χ3v) is 8.54. The summed E-state index contributed by atoms with van der Waals surface area (Å²) in [4.78, 5) is 40.0. The second-order valence-electron chi connectivity index (χ2n) is 8.70. The van der Waals surface area contributed by atoms with E-state index in [2.05, 4.69) is 5.32 Å². The fourth-order valence-corrected chi connectivity index (χ4v) is 6.24. The molecule has 2 aromatic rings. The summed E-state index contributed by atoms with van der Waals surface area (Å²) >= 11 is 0. The van der Waals surface area contributed by atoms with Crippen LogP contribution in [-0.4, -0.2) is 67.6 Å². The zero-order chi connectivity index (χ0) is 24.9. The molecule has 1 unspecified atom stereocenters. The minimum absolute atomic E-state index is 0.00974. The number of imide groups is 1. The zero-order valence-electron chi connectivity index (χ0n) is 18.5. The van der Waals surface area contributed by atoms with Crippen molar-refractivity contribution in [2.75, 3.05) is 31.1 Å². The first-order valence-electron chi connectivity index (χ1n) is 11.1. The highest BCUT2D eigenvalue weighted by atomic mass is 32.2. The topological polar surface area (TPSA) is 107 Å². The van der Waals surface area contributed by atoms with E-state index < -0.39 is 45.4 Å². The number of benzene rings is 2. The Morgan fingerprint density at radius 3 is 2.26 bits per heavy atom. The van der Waals surface area contributed by atoms with Crippen molar-refractivity contribution in [3.8, 4) is 0 Å². The van der Waals surface area contributed by atoms with Crippen LogP contribution in [0, 0.1) is 11.6 Å². The summed E-state index contributed by atoms with van der Waals surface area (Å²) in [6, 6.07) is 6.24. The number of anilines is 1. The molecule has 3 aliphatic heterocycles. The Bertz CT molecular complexity index is 1320. The van der Waals surface area contributed by atoms with Gasteiger partial charge >= 0.3 is 0 Å². The largest absolute Gasteiger partial charge is 0.369 e. The van der Waals surface area contributed by atoms with Crippen LogP contribution in [0.25, 0.3) is 0 Å². The van der Waals surface area contributed by atoms with Crippen molar-refractivity contribution in [3.63, 3.8) is 0 Å². The van der Waals surface area contributed by atoms with Crippen molar-refractivity contribution in [3.05, 3.63) is 59.2 Å². The number of carbonyl (C=O) groups excluding carboxylic acids is 3. The molecular weight excluding hydrogens is 482 g/mol. The molecule has 0 bridgehead atoms. The number of hydrogen-bond donors (Lipinski definition) is 1. The van der Waals surface area contributed by atoms with Crippen LogP contribution in [0.4, 0.5) is 14.5 Å². The number of sulfonamides is 1. The summed E-state index contributed by atoms with van der Waals surface area (Å²) in [5.41, 5.74) is 1.20. The number of rotatable bonds is 4. The molecule has 2 aromatic carbocycles. The maximum atomic E-state index is 14.5. The van der Waals surface area contributed by atoms with E-state index >= 15 is 0 Å². The van der Waals surface area contributed by atoms with Gasteiger partial charge in [0.1, 0.15) is 17.7 Å². The average molecular weight is 505 g/mol. The molecule has 2 saturated heterocycles. The van der Waals surface area contributed by atoms with Gasteiger partial charge in [0.2, 0.25) is 21.8 Å². The Morgan fingerprint density at radius 2 is 1.60 bits per heavy atom. The molecule has 0 aromatic heterocycles. The van der Waals surface area contributed by atoms with Gasteiger partial charge in [0, 0.05) is 56.0 Å². The van der Waals surface area contributed by atoms with Crippen molar-refractivity contribution >= 4 is 33.4 Å². The first kappa shape index (κ1) is 23.4. The molecule has 0 saturated carbocycles. The third kappa shape index (κ3) is 4.16. The standard InChI is InChI=1S/C23H22F2N4O5S/c24-14-1-3-16(4-2-14)35(33,34)28-9-7-27(8-10-28)20-12-15(25)11-17-18(20)13-29(23(17)32)19-5-6-21(30)26-22(19)31/h1-4,11-12,19H,5-10,13H2,(H,26,30,31). The molecule has 12 heteroatoms. The highest BCUT2D eigenvalue weighted by Crippen LogP contribution is 2.36. The summed E-state index contributed by atoms with van der Waals surface area (Å²) in [6.07, 6.45) is 0.310. The van der Waals surface area contributed by atoms with Gasteiger partial charge in [0.05, 0.1) is 4.90 Å². The highest BCUT2D eigenvalue weighted by Gasteiger charge is 2.41. The summed E-state index contributed by atoms with van der Waals surface area (Å²) in [5, 5.41) is 2.24. The molecule has 0 spiro atoms. The molecule has 9 nitrogen and oxygen atoms in total. The average Bonchev–Trinajstić information content (AvgIpc) is 3.15. The van der Waals surface area contributed by atoms with E-state index in [4.69, 9.17) is 0 Å². The van der Waals surface area contributed by atoms with Crippen LogP contribution in [0.15, 0.2) is 41.3 Å². The molecule has 1 N–H and O–H groups in total. The first-order valence-corrected chi connectivity index (χ1v) is 12.6. The van der Waals surface area contributed by atoms with Gasteiger partial charge in [-0.15, -0.1) is 0 Å². The molecule has 35 heavy (non-hydrogen) atoms. The number of carbonyl (C=O) groups is 3. The van der Waals surface area contributed by atoms with Crippen molar-refractivity contribution < 1.29 is 31.6 Å². The fraction of sp³-hybridized carbons (Fsp3) is 0.348. The Labute approximate surface area is 200 Å². The van der Waals surface area contributed by atoms with Crippen LogP contribution in [0.1, 0.15) is 28.8 Å². The van der Waals surface area contributed by atoms with Gasteiger partial charge in [-0.05, 0) is 42.8 Å². The van der Waals surface area contributed by atoms with Gasteiger partial charge < -0.3 is 9.80 Å². The van der Waals surface area contributed by atoms with Gasteiger partial charge in [0.25, 0.3) is 5.91 Å². The normalized spacial score (nSPS) is 21.3. The van der Waals surface area contributed by atoms with Crippen molar-refractivity contribution in [2.24, 2.45) is 0 Å². The number of nitrogens with zero attached hydrogens (tertiary/aromatic N) is 3. The zero-order valence-corrected chi connectivity index (χ0v) is 19.4. The van der Waals surface area contributed by atoms with E-state index in [1.807, 2.05) is 4.90 Å². The molecule has 2 fully saturated rings. The van der Waals surface area contributed by atoms with Crippen LogP contribution in [0.2, 0.25) is 0 Å². The molecule has 0 aliphatic carbocycles. The maximum Gasteiger partial charge on any atom is 0.255 e. The molecule has 1 atom stereocenters. The number of fused-ring (bicyclic) bond motifs is 1. The van der Waals surface area contributed by atoms with Crippen molar-refractivity contribution in [1.29, 1.82) is 0 Å². The Kier molecular flexibility index (Phi) is 5.80. The van der Waals surface area contributed by atoms with E-state index in [1.165, 1.54) is 27.4 Å². The minimum atomic E-state index is -3.82. The second kappa shape index (κ2) is 8.68. The maximum absolute atomic E-state index is 14.5. The molecular formula is C23H22F2N4O5S. The lowest BCUT2D eigenvalue weighted by atomic mass is 10.0. The van der Waals surface area contributed by atoms with Crippen LogP contribution in [-0.2, 0) is 26.2 Å². The third-order valence-electron chi connectivity index (χ3n) is 6.63. The lowest BCUT2D eigenvalue weighted by Gasteiger charge is -2.36. The summed E-state index contributed by atoms with van der Waals surface area (Å²) in [7, 11) is -3.82. The SMILES string of the molecule is O=C1CCC(N2Cc3c(cc(F)cc3N3CCN(S(=O)(=O)c4ccc(F)cc4)CC3)C2=O)C(=O)N1. The number of piperazine rings is 1. The van der Waals surface area contributed by atoms with E-state index in [1.54, 1.807) is 0 Å². The monoisotopic (exact) mass is 504 g/mol. The van der Waals surface area contributed by atoms with E-state index in [0.717, 1.165) is 18.2 Å². The number of halogens is 2. The minimum Gasteiger partial charge on any atom is -0.369 e. The van der Waals surface area contributed by atoms with Crippen molar-refractivity contribution in [1.82, 2.24) is 14.5 Å². The van der Waals surface area contributed by atoms with E-state index in [0.29, 0.717) is 11.3 Å². The lowest BCUT2D eigenvalue weighted by molar-refractivity contribution is -0.136. The van der Waals surface area contributed by atoms with E-state index in [9.17, 15) is 31.6 Å². The number of nitrogens with one attached hydrogen (secondary N) is 1. The number of hydrogen-bond acceptors (Lipinski definition) is 6. The Balaban J connectivity index is 1.35. The Morgan fingerprint density at radius 1 is 0.914 bits per heavy atom. The number of piperidine rings is 1. The highest BCUT2D eigenvalue weighted by molar-refractivity contribution is 7.89. The molecule has 0 radical (unpaired) electrons. The van der Waals surface area contributed by atoms with Gasteiger partial charge in [-0.3, -0.25) is 19.7 Å². The second-order valence-corrected chi connectivity index (χ2v) is 10.6. The van der Waals surface area contributed by atoms with Gasteiger partial charge in [-0.25, -0.2) is 17.2 Å². The molecule has 5 rings (SSSR count). The van der Waals surface area contributed by atoms with Crippen LogP contribution in [0.5, 0.6) is 0 Å². The van der Waals surface area contributed by atoms with Crippen LogP contribution >= 0.6 is 0 Å². The van der Waals surface area contributed by atoms with Gasteiger partial charge in [0.15, 0.2) is 0 Å². The van der Waals surface area contributed by atoms with E-state index in [-0.39, 0.29) is 56.0 Å². The first-order chi connectivity index (χ1) is 16.6. The number of amides is 3. The quantitative estimate of drug-likeness (QED) is 0.628. The summed E-state index contributed by atoms with van der Waals surface area (Å²) in [5.74, 6) is -2.57. The van der Waals surface area contributed by atoms with Gasteiger partial charge in [-0.2, -0.15) is 4.31 Å². The molecule has 3 heterocycles. The fourth-order valence-electron chi connectivity index (χ4n) is 4.81. The van der Waals surface area contributed by atoms with Crippen molar-refractivity contribution in [2.45, 2.75) is 30.3 Å². The lowest BCUT2D eigenvalue weighted by Crippen LogP contribution is -2.52.